The number of esters is 2. The largest absolute Gasteiger partial charge is 0.468 e. The van der Waals surface area contributed by atoms with Crippen LogP contribution in [0.2, 0.25) is 0 Å². The molecular formula is C12H15F5O8S. The van der Waals surface area contributed by atoms with Crippen molar-refractivity contribution < 1.29 is 58.7 Å². The van der Waals surface area contributed by atoms with Gasteiger partial charge in [-0.2, -0.15) is 30.4 Å². The Kier molecular flexibility index (Phi) is 7.29. The lowest BCUT2D eigenvalue weighted by atomic mass is 10.2. The van der Waals surface area contributed by atoms with Gasteiger partial charge in [0.15, 0.2) is 0 Å². The summed E-state index contributed by atoms with van der Waals surface area (Å²) in [5.74, 6) is -9.03. The average molecular weight is 414 g/mol. The van der Waals surface area contributed by atoms with Crippen molar-refractivity contribution in [2.24, 2.45) is 0 Å². The lowest BCUT2D eigenvalue weighted by Crippen LogP contribution is -2.60. The maximum atomic E-state index is 13.4. The number of hydrogen-bond donors (Lipinski definition) is 1. The normalized spacial score (nSPS) is 15.3. The van der Waals surface area contributed by atoms with E-state index in [-0.39, 0.29) is 0 Å². The van der Waals surface area contributed by atoms with Crippen LogP contribution >= 0.6 is 0 Å². The van der Waals surface area contributed by atoms with Gasteiger partial charge in [-0.1, -0.05) is 6.58 Å². The van der Waals surface area contributed by atoms with Gasteiger partial charge in [-0.05, 0) is 20.8 Å². The maximum Gasteiger partial charge on any atom is 0.468 e. The number of carbonyl (C=O) groups is 2. The Hall–Kier alpha value is -1.80. The van der Waals surface area contributed by atoms with E-state index < -0.39 is 57.6 Å². The van der Waals surface area contributed by atoms with Crippen LogP contribution < -0.4 is 0 Å². The summed E-state index contributed by atoms with van der Waals surface area (Å²) in [6.45, 7) is 3.34. The monoisotopic (exact) mass is 414 g/mol. The van der Waals surface area contributed by atoms with E-state index in [0.29, 0.717) is 0 Å². The molecule has 1 atom stereocenters. The van der Waals surface area contributed by atoms with Gasteiger partial charge < -0.3 is 14.2 Å². The molecule has 26 heavy (non-hydrogen) atoms. The van der Waals surface area contributed by atoms with Crippen LogP contribution in [0, 0.1) is 0 Å². The quantitative estimate of drug-likeness (QED) is 0.210. The lowest BCUT2D eigenvalue weighted by molar-refractivity contribution is -0.360. The van der Waals surface area contributed by atoms with Gasteiger partial charge in [0.05, 0.1) is 6.10 Å². The number of ether oxygens (including phenoxy) is 3. The molecule has 0 fully saturated rings. The predicted octanol–water partition coefficient (Wildman–Crippen LogP) is 1.81. The van der Waals surface area contributed by atoms with Gasteiger partial charge in [0.25, 0.3) is 0 Å². The lowest BCUT2D eigenvalue weighted by Gasteiger charge is -2.33. The standard InChI is InChI=1S/C12H15F5O8S/c1-6(2)8(18)25-11(12(15,16)17,9(19)24-7(3)4)23-5-10(13,14)26(20,21)22/h7H,1,5H2,2-4H3,(H,20,21,22). The van der Waals surface area contributed by atoms with E-state index in [2.05, 4.69) is 20.8 Å². The minimum Gasteiger partial charge on any atom is -0.458 e. The van der Waals surface area contributed by atoms with Gasteiger partial charge in [0.2, 0.25) is 0 Å². The minimum atomic E-state index is -6.20. The summed E-state index contributed by atoms with van der Waals surface area (Å²) in [6.07, 6.45) is -7.18. The van der Waals surface area contributed by atoms with Crippen LogP contribution in [0.4, 0.5) is 22.0 Å². The number of carbonyl (C=O) groups excluding carboxylic acids is 2. The maximum absolute atomic E-state index is 13.4. The predicted molar refractivity (Wildman–Crippen MR) is 73.4 cm³/mol. The van der Waals surface area contributed by atoms with E-state index >= 15 is 0 Å². The molecule has 1 N–H and O–H groups in total. The second-order valence-corrected chi connectivity index (χ2v) is 6.69. The van der Waals surface area contributed by atoms with Crippen LogP contribution in [0.15, 0.2) is 12.2 Å². The summed E-state index contributed by atoms with van der Waals surface area (Å²) in [5.41, 5.74) is -0.666. The first-order valence-corrected chi connectivity index (χ1v) is 7.97. The number of alkyl halides is 5. The molecule has 1 unspecified atom stereocenters. The van der Waals surface area contributed by atoms with E-state index in [0.717, 1.165) is 20.8 Å². The molecule has 0 saturated carbocycles. The fourth-order valence-electron chi connectivity index (χ4n) is 1.15. The highest BCUT2D eigenvalue weighted by molar-refractivity contribution is 7.86. The highest BCUT2D eigenvalue weighted by Gasteiger charge is 2.69. The summed E-state index contributed by atoms with van der Waals surface area (Å²) in [5, 5.41) is -5.25. The highest BCUT2D eigenvalue weighted by atomic mass is 32.2. The second-order valence-electron chi connectivity index (χ2n) is 5.14. The first-order chi connectivity index (χ1) is 11.4. The molecule has 0 aliphatic heterocycles. The van der Waals surface area contributed by atoms with Crippen molar-refractivity contribution in [1.29, 1.82) is 0 Å². The summed E-state index contributed by atoms with van der Waals surface area (Å²) in [4.78, 5) is 23.3. The summed E-state index contributed by atoms with van der Waals surface area (Å²) >= 11 is 0. The van der Waals surface area contributed by atoms with E-state index in [9.17, 15) is 40.0 Å². The minimum absolute atomic E-state index is 0.666. The molecule has 0 heterocycles. The Morgan fingerprint density at radius 3 is 1.92 bits per heavy atom. The molecule has 0 amide bonds. The van der Waals surface area contributed by atoms with E-state index in [1.807, 2.05) is 0 Å². The third kappa shape index (κ3) is 5.60. The zero-order chi connectivity index (χ0) is 21.1. The van der Waals surface area contributed by atoms with E-state index in [4.69, 9.17) is 4.55 Å². The van der Waals surface area contributed by atoms with Crippen molar-refractivity contribution in [3.8, 4) is 0 Å². The van der Waals surface area contributed by atoms with Gasteiger partial charge in [0, 0.05) is 5.57 Å². The van der Waals surface area contributed by atoms with Gasteiger partial charge in [-0.15, -0.1) is 0 Å². The van der Waals surface area contributed by atoms with Crippen molar-refractivity contribution in [1.82, 2.24) is 0 Å². The molecule has 0 aliphatic carbocycles. The fraction of sp³-hybridized carbons (Fsp3) is 0.667. The van der Waals surface area contributed by atoms with Crippen molar-refractivity contribution in [2.75, 3.05) is 6.61 Å². The molecule has 0 rings (SSSR count). The molecule has 152 valence electrons. The molecule has 0 bridgehead atoms. The zero-order valence-electron chi connectivity index (χ0n) is 13.6. The smallest absolute Gasteiger partial charge is 0.458 e. The van der Waals surface area contributed by atoms with Crippen LogP contribution in [-0.2, 0) is 33.9 Å². The first kappa shape index (κ1) is 24.2. The molecule has 0 spiro atoms. The molecule has 0 aromatic heterocycles. The van der Waals surface area contributed by atoms with Gasteiger partial charge in [-0.25, -0.2) is 9.59 Å². The second kappa shape index (κ2) is 7.84. The molecular weight excluding hydrogens is 399 g/mol. The van der Waals surface area contributed by atoms with Gasteiger partial charge in [-0.3, -0.25) is 4.55 Å². The summed E-state index contributed by atoms with van der Waals surface area (Å²) < 4.78 is 108. The summed E-state index contributed by atoms with van der Waals surface area (Å²) in [7, 11) is -6.20. The molecule has 0 radical (unpaired) electrons. The van der Waals surface area contributed by atoms with Crippen molar-refractivity contribution in [3.63, 3.8) is 0 Å². The van der Waals surface area contributed by atoms with E-state index in [1.165, 1.54) is 0 Å². The van der Waals surface area contributed by atoms with E-state index in [1.54, 1.807) is 0 Å². The third-order valence-electron chi connectivity index (χ3n) is 2.39. The number of halogens is 5. The molecule has 0 aliphatic rings. The molecule has 0 aromatic rings. The van der Waals surface area contributed by atoms with Crippen LogP contribution in [0.5, 0.6) is 0 Å². The molecule has 0 aromatic carbocycles. The third-order valence-corrected chi connectivity index (χ3v) is 3.26. The Balaban J connectivity index is 6.15. The van der Waals surface area contributed by atoms with Crippen LogP contribution in [0.1, 0.15) is 20.8 Å². The SMILES string of the molecule is C=C(C)C(=O)OC(OCC(F)(F)S(=O)(=O)O)(C(=O)OC(C)C)C(F)(F)F. The summed E-state index contributed by atoms with van der Waals surface area (Å²) in [6, 6.07) is 0. The molecule has 14 heteroatoms. The number of rotatable bonds is 8. The Morgan fingerprint density at radius 1 is 1.15 bits per heavy atom. The molecule has 8 nitrogen and oxygen atoms in total. The number of hydrogen-bond acceptors (Lipinski definition) is 7. The fourth-order valence-corrected chi connectivity index (χ4v) is 1.36. The Labute approximate surface area is 144 Å². The van der Waals surface area contributed by atoms with Gasteiger partial charge >= 0.3 is 39.3 Å². The van der Waals surface area contributed by atoms with Crippen LogP contribution in [0.25, 0.3) is 0 Å². The van der Waals surface area contributed by atoms with Crippen LogP contribution in [-0.4, -0.2) is 54.8 Å². The van der Waals surface area contributed by atoms with Crippen molar-refractivity contribution >= 4 is 22.1 Å². The molecule has 0 saturated heterocycles. The van der Waals surface area contributed by atoms with Crippen molar-refractivity contribution in [2.45, 2.75) is 44.1 Å². The average Bonchev–Trinajstić information content (AvgIpc) is 2.39. The first-order valence-electron chi connectivity index (χ1n) is 6.53. The highest BCUT2D eigenvalue weighted by Crippen LogP contribution is 2.38. The zero-order valence-corrected chi connectivity index (χ0v) is 14.4. The Morgan fingerprint density at radius 2 is 1.62 bits per heavy atom. The van der Waals surface area contributed by atoms with Crippen LogP contribution in [0.3, 0.4) is 0 Å². The Bertz CT molecular complexity index is 670. The van der Waals surface area contributed by atoms with Crippen molar-refractivity contribution in [3.05, 3.63) is 12.2 Å². The topological polar surface area (TPSA) is 116 Å². The van der Waals surface area contributed by atoms with Gasteiger partial charge in [0.1, 0.15) is 6.61 Å².